The summed E-state index contributed by atoms with van der Waals surface area (Å²) in [5.41, 5.74) is 0.775. The molecule has 0 amide bonds. The Morgan fingerprint density at radius 1 is 1.25 bits per heavy atom. The van der Waals surface area contributed by atoms with Crippen molar-refractivity contribution in [1.82, 2.24) is 0 Å². The molecule has 102 valence electrons. The molecule has 1 atom stereocenters. The molecule has 2 rings (SSSR count). The van der Waals surface area contributed by atoms with Gasteiger partial charge in [-0.15, -0.1) is 0 Å². The first-order valence-corrected chi connectivity index (χ1v) is 6.65. The summed E-state index contributed by atoms with van der Waals surface area (Å²) < 4.78 is 20.1. The monoisotopic (exact) mass is 335 g/mol. The van der Waals surface area contributed by atoms with Crippen LogP contribution in [-0.2, 0) is 0 Å². The maximum absolute atomic E-state index is 13.8. The Morgan fingerprint density at radius 2 is 2.00 bits per heavy atom. The fraction of sp³-hybridized carbons (Fsp3) is 0.133. The highest BCUT2D eigenvalue weighted by atomic mass is 79.9. The van der Waals surface area contributed by atoms with E-state index in [9.17, 15) is 9.50 Å². The number of nitriles is 1. The second-order valence-corrected chi connectivity index (χ2v) is 5.13. The van der Waals surface area contributed by atoms with Gasteiger partial charge in [0.15, 0.2) is 11.6 Å². The van der Waals surface area contributed by atoms with Crippen LogP contribution in [0.15, 0.2) is 40.9 Å². The van der Waals surface area contributed by atoms with Gasteiger partial charge in [-0.2, -0.15) is 5.26 Å². The SMILES string of the molecule is CC(O)c1ccc(Br)cc1Oc1ccc(C#N)cc1F. The molecule has 1 N–H and O–H groups in total. The molecule has 0 aliphatic heterocycles. The molecular formula is C15H11BrFNO2. The predicted octanol–water partition coefficient (Wildman–Crippen LogP) is 4.31. The number of halogens is 2. The van der Waals surface area contributed by atoms with Crippen LogP contribution in [0.25, 0.3) is 0 Å². The minimum Gasteiger partial charge on any atom is -0.454 e. The number of hydrogen-bond acceptors (Lipinski definition) is 3. The van der Waals surface area contributed by atoms with Gasteiger partial charge in [-0.25, -0.2) is 4.39 Å². The molecule has 20 heavy (non-hydrogen) atoms. The standard InChI is InChI=1S/C15H11BrFNO2/c1-9(19)12-4-3-11(16)7-15(12)20-14-5-2-10(8-18)6-13(14)17/h2-7,9,19H,1H3. The fourth-order valence-corrected chi connectivity index (χ4v) is 2.05. The zero-order chi connectivity index (χ0) is 14.7. The lowest BCUT2D eigenvalue weighted by molar-refractivity contribution is 0.195. The van der Waals surface area contributed by atoms with Gasteiger partial charge in [0.2, 0.25) is 0 Å². The summed E-state index contributed by atoms with van der Waals surface area (Å²) in [7, 11) is 0. The molecule has 1 unspecified atom stereocenters. The van der Waals surface area contributed by atoms with Gasteiger partial charge in [0.25, 0.3) is 0 Å². The van der Waals surface area contributed by atoms with Crippen LogP contribution in [0.5, 0.6) is 11.5 Å². The molecule has 0 heterocycles. The predicted molar refractivity (Wildman–Crippen MR) is 76.0 cm³/mol. The first-order chi connectivity index (χ1) is 9.51. The van der Waals surface area contributed by atoms with Crippen LogP contribution in [0.2, 0.25) is 0 Å². The van der Waals surface area contributed by atoms with E-state index in [2.05, 4.69) is 15.9 Å². The molecule has 0 aliphatic rings. The van der Waals surface area contributed by atoms with Gasteiger partial charge in [0.1, 0.15) is 5.75 Å². The van der Waals surface area contributed by atoms with Gasteiger partial charge in [0, 0.05) is 10.0 Å². The lowest BCUT2D eigenvalue weighted by Crippen LogP contribution is -1.97. The highest BCUT2D eigenvalue weighted by molar-refractivity contribution is 9.10. The van der Waals surface area contributed by atoms with Crippen molar-refractivity contribution in [3.63, 3.8) is 0 Å². The van der Waals surface area contributed by atoms with E-state index < -0.39 is 11.9 Å². The lowest BCUT2D eigenvalue weighted by atomic mass is 10.1. The molecule has 0 fully saturated rings. The molecular weight excluding hydrogens is 325 g/mol. The van der Waals surface area contributed by atoms with E-state index in [1.807, 2.05) is 6.07 Å². The lowest BCUT2D eigenvalue weighted by Gasteiger charge is -2.14. The molecule has 0 saturated heterocycles. The van der Waals surface area contributed by atoms with Crippen LogP contribution in [-0.4, -0.2) is 5.11 Å². The molecule has 3 nitrogen and oxygen atoms in total. The molecule has 0 aromatic heterocycles. The summed E-state index contributed by atoms with van der Waals surface area (Å²) in [5, 5.41) is 18.4. The van der Waals surface area contributed by atoms with E-state index in [1.54, 1.807) is 25.1 Å². The first kappa shape index (κ1) is 14.5. The van der Waals surface area contributed by atoms with Crippen LogP contribution in [0.1, 0.15) is 24.2 Å². The summed E-state index contributed by atoms with van der Waals surface area (Å²) in [6.45, 7) is 1.60. The van der Waals surface area contributed by atoms with Crippen molar-refractivity contribution in [1.29, 1.82) is 5.26 Å². The van der Waals surface area contributed by atoms with Crippen LogP contribution >= 0.6 is 15.9 Å². The maximum atomic E-state index is 13.8. The van der Waals surface area contributed by atoms with E-state index in [0.717, 1.165) is 10.5 Å². The number of nitrogens with zero attached hydrogens (tertiary/aromatic N) is 1. The third kappa shape index (κ3) is 3.16. The number of hydrogen-bond donors (Lipinski definition) is 1. The molecule has 0 radical (unpaired) electrons. The Bertz CT molecular complexity index is 680. The number of ether oxygens (including phenoxy) is 1. The number of rotatable bonds is 3. The second-order valence-electron chi connectivity index (χ2n) is 4.22. The van der Waals surface area contributed by atoms with E-state index in [1.165, 1.54) is 12.1 Å². The molecule has 0 bridgehead atoms. The van der Waals surface area contributed by atoms with Gasteiger partial charge in [-0.3, -0.25) is 0 Å². The summed E-state index contributed by atoms with van der Waals surface area (Å²) in [6.07, 6.45) is -0.737. The van der Waals surface area contributed by atoms with Crippen molar-refractivity contribution in [2.75, 3.05) is 0 Å². The molecule has 2 aromatic rings. The number of aliphatic hydroxyl groups excluding tert-OH is 1. The van der Waals surface area contributed by atoms with Gasteiger partial charge < -0.3 is 9.84 Å². The summed E-state index contributed by atoms with van der Waals surface area (Å²) in [4.78, 5) is 0. The average molecular weight is 336 g/mol. The summed E-state index contributed by atoms with van der Waals surface area (Å²) in [6, 6.07) is 10.9. The van der Waals surface area contributed by atoms with E-state index in [0.29, 0.717) is 11.3 Å². The average Bonchev–Trinajstić information content (AvgIpc) is 2.40. The van der Waals surface area contributed by atoms with Gasteiger partial charge in [-0.05, 0) is 37.3 Å². The molecule has 0 saturated carbocycles. The topological polar surface area (TPSA) is 53.2 Å². The van der Waals surface area contributed by atoms with Crippen molar-refractivity contribution in [3.05, 3.63) is 57.8 Å². The smallest absolute Gasteiger partial charge is 0.167 e. The van der Waals surface area contributed by atoms with Crippen LogP contribution < -0.4 is 4.74 Å². The van der Waals surface area contributed by atoms with Crippen molar-refractivity contribution in [2.45, 2.75) is 13.0 Å². The largest absolute Gasteiger partial charge is 0.454 e. The number of aliphatic hydroxyl groups is 1. The second kappa shape index (κ2) is 6.04. The highest BCUT2D eigenvalue weighted by Crippen LogP contribution is 2.33. The first-order valence-electron chi connectivity index (χ1n) is 5.86. The van der Waals surface area contributed by atoms with Crippen LogP contribution in [0.3, 0.4) is 0 Å². The zero-order valence-electron chi connectivity index (χ0n) is 10.6. The third-order valence-electron chi connectivity index (χ3n) is 2.71. The number of benzene rings is 2. The van der Waals surface area contributed by atoms with Gasteiger partial charge >= 0.3 is 0 Å². The Hall–Kier alpha value is -1.90. The van der Waals surface area contributed by atoms with Crippen LogP contribution in [0.4, 0.5) is 4.39 Å². The quantitative estimate of drug-likeness (QED) is 0.909. The Labute approximate surface area is 124 Å². The van der Waals surface area contributed by atoms with Crippen LogP contribution in [0, 0.1) is 17.1 Å². The Kier molecular flexibility index (Phi) is 4.38. The van der Waals surface area contributed by atoms with E-state index in [-0.39, 0.29) is 11.3 Å². The summed E-state index contributed by atoms with van der Waals surface area (Å²) >= 11 is 3.30. The van der Waals surface area contributed by atoms with E-state index in [4.69, 9.17) is 10.00 Å². The molecule has 0 spiro atoms. The normalized spacial score (nSPS) is 11.8. The highest BCUT2D eigenvalue weighted by Gasteiger charge is 2.13. The Morgan fingerprint density at radius 3 is 2.60 bits per heavy atom. The van der Waals surface area contributed by atoms with Crippen molar-refractivity contribution in [2.24, 2.45) is 0 Å². The minimum absolute atomic E-state index is 0.00370. The van der Waals surface area contributed by atoms with Crippen molar-refractivity contribution >= 4 is 15.9 Å². The van der Waals surface area contributed by atoms with Crippen molar-refractivity contribution in [3.8, 4) is 17.6 Å². The maximum Gasteiger partial charge on any atom is 0.167 e. The van der Waals surface area contributed by atoms with E-state index >= 15 is 0 Å². The van der Waals surface area contributed by atoms with Gasteiger partial charge in [0.05, 0.1) is 17.7 Å². The Balaban J connectivity index is 2.39. The molecule has 2 aromatic carbocycles. The van der Waals surface area contributed by atoms with Crippen molar-refractivity contribution < 1.29 is 14.2 Å². The fourth-order valence-electron chi connectivity index (χ4n) is 1.71. The molecule has 5 heteroatoms. The summed E-state index contributed by atoms with van der Waals surface area (Å²) in [5.74, 6) is -0.262. The van der Waals surface area contributed by atoms with Gasteiger partial charge in [-0.1, -0.05) is 22.0 Å². The zero-order valence-corrected chi connectivity index (χ0v) is 12.2. The molecule has 0 aliphatic carbocycles. The third-order valence-corrected chi connectivity index (χ3v) is 3.20. The minimum atomic E-state index is -0.737.